The summed E-state index contributed by atoms with van der Waals surface area (Å²) in [5, 5.41) is 0. The first-order valence-corrected chi connectivity index (χ1v) is 11.3. The van der Waals surface area contributed by atoms with E-state index in [1.807, 2.05) is 6.92 Å². The lowest BCUT2D eigenvalue weighted by molar-refractivity contribution is -0.137. The summed E-state index contributed by atoms with van der Waals surface area (Å²) in [4.78, 5) is 16.1. The van der Waals surface area contributed by atoms with Gasteiger partial charge in [0.1, 0.15) is 6.26 Å². The highest BCUT2D eigenvalue weighted by atomic mass is 32.2. The van der Waals surface area contributed by atoms with Crippen LogP contribution in [0, 0.1) is 0 Å². The van der Waals surface area contributed by atoms with Crippen molar-refractivity contribution in [2.75, 3.05) is 18.0 Å². The summed E-state index contributed by atoms with van der Waals surface area (Å²) in [6.45, 7) is 3.41. The van der Waals surface area contributed by atoms with Gasteiger partial charge in [0.15, 0.2) is 5.82 Å². The van der Waals surface area contributed by atoms with Gasteiger partial charge in [0, 0.05) is 12.1 Å². The molecule has 2 aromatic carbocycles. The van der Waals surface area contributed by atoms with Crippen LogP contribution in [0.5, 0.6) is 0 Å². The summed E-state index contributed by atoms with van der Waals surface area (Å²) < 4.78 is 76.0. The van der Waals surface area contributed by atoms with E-state index in [0.29, 0.717) is 12.0 Å². The number of rotatable bonds is 7. The summed E-state index contributed by atoms with van der Waals surface area (Å²) >= 11 is 0. The Bertz CT molecular complexity index is 1250. The predicted octanol–water partition coefficient (Wildman–Crippen LogP) is 4.92. The fraction of sp³-hybridized carbons (Fsp3) is 0.273. The van der Waals surface area contributed by atoms with Crippen molar-refractivity contribution in [2.24, 2.45) is 0 Å². The van der Waals surface area contributed by atoms with Crippen LogP contribution >= 0.6 is 0 Å². The maximum Gasteiger partial charge on any atom is 0.416 e. The van der Waals surface area contributed by atoms with Gasteiger partial charge in [0.2, 0.25) is 5.89 Å². The second kappa shape index (κ2) is 9.26. The number of benzene rings is 2. The Hall–Kier alpha value is -3.34. The molecule has 176 valence electrons. The maximum absolute atomic E-state index is 13.3. The molecule has 0 aliphatic rings. The average molecular weight is 482 g/mol. The van der Waals surface area contributed by atoms with E-state index in [2.05, 4.69) is 4.98 Å². The summed E-state index contributed by atoms with van der Waals surface area (Å²) in [5.74, 6) is -0.742. The predicted molar refractivity (Wildman–Crippen MR) is 114 cm³/mol. The fourth-order valence-corrected chi connectivity index (χ4v) is 4.65. The highest BCUT2D eigenvalue weighted by Crippen LogP contribution is 2.32. The van der Waals surface area contributed by atoms with Crippen LogP contribution in [0.4, 0.5) is 19.0 Å². The van der Waals surface area contributed by atoms with E-state index in [9.17, 15) is 26.4 Å². The van der Waals surface area contributed by atoms with Crippen molar-refractivity contribution in [1.29, 1.82) is 0 Å². The molecule has 0 saturated carbocycles. The monoisotopic (exact) mass is 482 g/mol. The van der Waals surface area contributed by atoms with E-state index in [4.69, 9.17) is 9.15 Å². The number of aryl methyl sites for hydroxylation is 1. The number of esters is 1. The Labute approximate surface area is 188 Å². The van der Waals surface area contributed by atoms with Crippen LogP contribution in [0.25, 0.3) is 11.5 Å². The molecule has 1 aromatic heterocycles. The van der Waals surface area contributed by atoms with Crippen molar-refractivity contribution in [3.05, 3.63) is 65.4 Å². The van der Waals surface area contributed by atoms with E-state index < -0.39 is 27.7 Å². The maximum atomic E-state index is 13.3. The first-order valence-electron chi connectivity index (χ1n) is 9.90. The van der Waals surface area contributed by atoms with Crippen LogP contribution in [-0.4, -0.2) is 33.0 Å². The lowest BCUT2D eigenvalue weighted by Gasteiger charge is -2.20. The van der Waals surface area contributed by atoms with E-state index in [-0.39, 0.29) is 34.3 Å². The number of sulfonamides is 1. The molecule has 1 heterocycles. The third-order valence-electron chi connectivity index (χ3n) is 4.95. The summed E-state index contributed by atoms with van der Waals surface area (Å²) in [6, 6.07) is 8.34. The van der Waals surface area contributed by atoms with Gasteiger partial charge in [0.05, 0.1) is 23.1 Å². The number of ether oxygens (including phenoxy) is 1. The molecule has 33 heavy (non-hydrogen) atoms. The van der Waals surface area contributed by atoms with Crippen LogP contribution in [-0.2, 0) is 27.4 Å². The molecule has 3 rings (SSSR count). The van der Waals surface area contributed by atoms with Gasteiger partial charge >= 0.3 is 12.1 Å². The van der Waals surface area contributed by atoms with Gasteiger partial charge in [-0.1, -0.05) is 13.0 Å². The summed E-state index contributed by atoms with van der Waals surface area (Å²) in [7, 11) is -2.93. The molecule has 0 saturated heterocycles. The van der Waals surface area contributed by atoms with Crippen LogP contribution < -0.4 is 4.31 Å². The minimum absolute atomic E-state index is 0.00952. The third-order valence-corrected chi connectivity index (χ3v) is 6.82. The molecule has 0 spiro atoms. The first kappa shape index (κ1) is 24.3. The van der Waals surface area contributed by atoms with Gasteiger partial charge in [0.25, 0.3) is 10.0 Å². The minimum Gasteiger partial charge on any atom is -0.465 e. The van der Waals surface area contributed by atoms with Gasteiger partial charge in [-0.2, -0.15) is 18.2 Å². The fourth-order valence-electron chi connectivity index (χ4n) is 3.22. The first-order chi connectivity index (χ1) is 15.5. The number of carbonyl (C=O) groups is 1. The normalized spacial score (nSPS) is 11.9. The van der Waals surface area contributed by atoms with Gasteiger partial charge in [-0.25, -0.2) is 17.5 Å². The molecule has 0 unspecified atom stereocenters. The second-order valence-electron chi connectivity index (χ2n) is 6.92. The molecule has 0 aliphatic carbocycles. The zero-order valence-electron chi connectivity index (χ0n) is 18.0. The molecule has 0 fully saturated rings. The molecule has 0 radical (unpaired) electrons. The number of hydrogen-bond donors (Lipinski definition) is 0. The molecule has 0 amide bonds. The number of anilines is 1. The van der Waals surface area contributed by atoms with Gasteiger partial charge in [-0.3, -0.25) is 0 Å². The van der Waals surface area contributed by atoms with E-state index in [1.165, 1.54) is 31.4 Å². The number of hydrogen-bond acceptors (Lipinski definition) is 6. The van der Waals surface area contributed by atoms with Crippen molar-refractivity contribution in [3.63, 3.8) is 0 Å². The SMILES string of the molecule is CCc1ccc(S(=O)(=O)N(CC)c2coc(-c3ccc(C(F)(F)F)cc3)n2)cc1C(=O)OC. The Morgan fingerprint density at radius 1 is 1.12 bits per heavy atom. The number of oxazole rings is 1. The highest BCUT2D eigenvalue weighted by molar-refractivity contribution is 7.92. The van der Waals surface area contributed by atoms with Crippen LogP contribution in [0.3, 0.4) is 0 Å². The average Bonchev–Trinajstić information content (AvgIpc) is 3.27. The molecule has 3 aromatic rings. The highest BCUT2D eigenvalue weighted by Gasteiger charge is 2.31. The number of nitrogens with zero attached hydrogens (tertiary/aromatic N) is 2. The van der Waals surface area contributed by atoms with Crippen molar-refractivity contribution < 1.29 is 35.5 Å². The lowest BCUT2D eigenvalue weighted by Crippen LogP contribution is -2.31. The molecule has 7 nitrogen and oxygen atoms in total. The quantitative estimate of drug-likeness (QED) is 0.444. The molecular weight excluding hydrogens is 461 g/mol. The number of halogens is 3. The zero-order valence-corrected chi connectivity index (χ0v) is 18.8. The van der Waals surface area contributed by atoms with Crippen molar-refractivity contribution in [1.82, 2.24) is 4.98 Å². The number of aromatic nitrogens is 1. The largest absolute Gasteiger partial charge is 0.465 e. The van der Waals surface area contributed by atoms with Gasteiger partial charge in [-0.05, 0) is 55.3 Å². The Morgan fingerprint density at radius 3 is 2.33 bits per heavy atom. The second-order valence-corrected chi connectivity index (χ2v) is 8.78. The molecule has 0 bridgehead atoms. The zero-order chi connectivity index (χ0) is 24.4. The topological polar surface area (TPSA) is 89.7 Å². The Kier molecular flexibility index (Phi) is 6.82. The Morgan fingerprint density at radius 2 is 1.79 bits per heavy atom. The van der Waals surface area contributed by atoms with Crippen LogP contribution in [0.15, 0.2) is 58.0 Å². The van der Waals surface area contributed by atoms with E-state index >= 15 is 0 Å². The number of alkyl halides is 3. The van der Waals surface area contributed by atoms with E-state index in [0.717, 1.165) is 22.7 Å². The van der Waals surface area contributed by atoms with Gasteiger partial charge < -0.3 is 9.15 Å². The molecule has 0 atom stereocenters. The molecule has 11 heteroatoms. The van der Waals surface area contributed by atoms with Crippen molar-refractivity contribution in [3.8, 4) is 11.5 Å². The van der Waals surface area contributed by atoms with Crippen molar-refractivity contribution in [2.45, 2.75) is 31.3 Å². The third kappa shape index (κ3) is 4.87. The Balaban J connectivity index is 1.97. The smallest absolute Gasteiger partial charge is 0.416 e. The number of methoxy groups -OCH3 is 1. The molecular formula is C22H21F3N2O5S. The van der Waals surface area contributed by atoms with Crippen LogP contribution in [0.1, 0.15) is 35.3 Å². The number of carbonyl (C=O) groups excluding carboxylic acids is 1. The molecule has 0 aliphatic heterocycles. The minimum atomic E-state index is -4.48. The van der Waals surface area contributed by atoms with Crippen molar-refractivity contribution >= 4 is 21.8 Å². The van der Waals surface area contributed by atoms with Crippen LogP contribution in [0.2, 0.25) is 0 Å². The summed E-state index contributed by atoms with van der Waals surface area (Å²) in [6.07, 6.45) is -2.87. The van der Waals surface area contributed by atoms with Gasteiger partial charge in [-0.15, -0.1) is 0 Å². The summed E-state index contributed by atoms with van der Waals surface area (Å²) in [5.41, 5.74) is 0.202. The van der Waals surface area contributed by atoms with E-state index in [1.54, 1.807) is 13.0 Å². The molecule has 0 N–H and O–H groups in total. The lowest BCUT2D eigenvalue weighted by atomic mass is 10.1. The standard InChI is InChI=1S/C22H21F3N2O5S/c1-4-14-8-11-17(12-18(14)21(28)31-3)33(29,30)27(5-2)19-13-32-20(26-19)15-6-9-16(10-7-15)22(23,24)25/h6-13H,4-5H2,1-3H3.